The molecule has 0 saturated carbocycles. The molecule has 0 spiro atoms. The smallest absolute Gasteiger partial charge is 0.268 e. The summed E-state index contributed by atoms with van der Waals surface area (Å²) in [5.41, 5.74) is 0.781. The highest BCUT2D eigenvalue weighted by molar-refractivity contribution is 5.43. The van der Waals surface area contributed by atoms with E-state index < -0.39 is 6.29 Å². The van der Waals surface area contributed by atoms with Crippen LogP contribution >= 0.6 is 0 Å². The van der Waals surface area contributed by atoms with Gasteiger partial charge in [-0.2, -0.15) is 5.10 Å². The van der Waals surface area contributed by atoms with Crippen LogP contribution in [-0.4, -0.2) is 43.4 Å². The zero-order valence-electron chi connectivity index (χ0n) is 12.4. The van der Waals surface area contributed by atoms with Crippen molar-refractivity contribution in [1.29, 1.82) is 0 Å². The third kappa shape index (κ3) is 3.58. The molecule has 1 aliphatic rings. The third-order valence-electron chi connectivity index (χ3n) is 3.73. The van der Waals surface area contributed by atoms with Gasteiger partial charge in [-0.1, -0.05) is 6.92 Å². The molecule has 20 heavy (non-hydrogen) atoms. The minimum atomic E-state index is -0.457. The van der Waals surface area contributed by atoms with Crippen molar-refractivity contribution in [3.05, 3.63) is 22.6 Å². The Labute approximate surface area is 119 Å². The summed E-state index contributed by atoms with van der Waals surface area (Å²) in [4.78, 5) is 14.3. The lowest BCUT2D eigenvalue weighted by Gasteiger charge is -2.32. The van der Waals surface area contributed by atoms with E-state index in [0.29, 0.717) is 12.5 Å². The highest BCUT2D eigenvalue weighted by atomic mass is 16.7. The summed E-state index contributed by atoms with van der Waals surface area (Å²) in [6.45, 7) is 4.52. The van der Waals surface area contributed by atoms with Crippen LogP contribution in [0.15, 0.2) is 17.1 Å². The Morgan fingerprint density at radius 2 is 2.20 bits per heavy atom. The van der Waals surface area contributed by atoms with Crippen LogP contribution in [0.25, 0.3) is 0 Å². The quantitative estimate of drug-likeness (QED) is 0.756. The van der Waals surface area contributed by atoms with E-state index in [4.69, 9.17) is 9.47 Å². The van der Waals surface area contributed by atoms with Crippen molar-refractivity contribution in [2.45, 2.75) is 32.6 Å². The Morgan fingerprint density at radius 3 is 2.80 bits per heavy atom. The van der Waals surface area contributed by atoms with Gasteiger partial charge in [0.2, 0.25) is 0 Å². The van der Waals surface area contributed by atoms with Gasteiger partial charge in [0.15, 0.2) is 6.29 Å². The highest BCUT2D eigenvalue weighted by Crippen LogP contribution is 2.20. The van der Waals surface area contributed by atoms with Gasteiger partial charge in [-0.3, -0.25) is 4.79 Å². The Balaban J connectivity index is 2.11. The molecule has 0 bridgehead atoms. The van der Waals surface area contributed by atoms with E-state index in [2.05, 4.69) is 16.9 Å². The third-order valence-corrected chi connectivity index (χ3v) is 3.73. The second kappa shape index (κ2) is 6.85. The molecule has 1 aliphatic heterocycles. The predicted octanol–water partition coefficient (Wildman–Crippen LogP) is 1.10. The van der Waals surface area contributed by atoms with E-state index in [1.54, 1.807) is 26.5 Å². The molecule has 112 valence electrons. The van der Waals surface area contributed by atoms with Crippen LogP contribution < -0.4 is 10.5 Å². The SMILES string of the molecule is COC(Cn1ncc(N2CCCC(C)C2)cc1=O)OC. The lowest BCUT2D eigenvalue weighted by atomic mass is 10.00. The number of hydrogen-bond donors (Lipinski definition) is 0. The lowest BCUT2D eigenvalue weighted by molar-refractivity contribution is -0.113. The molecular weight excluding hydrogens is 258 g/mol. The summed E-state index contributed by atoms with van der Waals surface area (Å²) in [5, 5.41) is 4.22. The van der Waals surface area contributed by atoms with Gasteiger partial charge in [0, 0.05) is 33.4 Å². The number of aromatic nitrogens is 2. The highest BCUT2D eigenvalue weighted by Gasteiger charge is 2.18. The Kier molecular flexibility index (Phi) is 5.14. The van der Waals surface area contributed by atoms with Crippen molar-refractivity contribution in [3.63, 3.8) is 0 Å². The second-order valence-corrected chi connectivity index (χ2v) is 5.33. The molecule has 1 unspecified atom stereocenters. The van der Waals surface area contributed by atoms with Crippen molar-refractivity contribution in [2.24, 2.45) is 5.92 Å². The van der Waals surface area contributed by atoms with Crippen molar-refractivity contribution in [2.75, 3.05) is 32.2 Å². The summed E-state index contributed by atoms with van der Waals surface area (Å²) < 4.78 is 11.5. The predicted molar refractivity (Wildman–Crippen MR) is 76.9 cm³/mol. The minimum Gasteiger partial charge on any atom is -0.370 e. The van der Waals surface area contributed by atoms with Crippen molar-refractivity contribution >= 4 is 5.69 Å². The van der Waals surface area contributed by atoms with Gasteiger partial charge in [0.25, 0.3) is 5.56 Å². The van der Waals surface area contributed by atoms with Crippen LogP contribution in [0.1, 0.15) is 19.8 Å². The van der Waals surface area contributed by atoms with E-state index in [-0.39, 0.29) is 5.56 Å². The van der Waals surface area contributed by atoms with Crippen LogP contribution in [0.2, 0.25) is 0 Å². The first-order valence-electron chi connectivity index (χ1n) is 7.01. The molecular formula is C14H23N3O3. The van der Waals surface area contributed by atoms with Crippen LogP contribution in [0.3, 0.4) is 0 Å². The molecule has 1 saturated heterocycles. The molecule has 2 heterocycles. The lowest BCUT2D eigenvalue weighted by Crippen LogP contribution is -2.36. The van der Waals surface area contributed by atoms with Crippen LogP contribution in [0.4, 0.5) is 5.69 Å². The van der Waals surface area contributed by atoms with Crippen molar-refractivity contribution < 1.29 is 9.47 Å². The maximum absolute atomic E-state index is 12.1. The number of ether oxygens (including phenoxy) is 2. The monoisotopic (exact) mass is 281 g/mol. The summed E-state index contributed by atoms with van der Waals surface area (Å²) in [6.07, 6.45) is 3.72. The number of methoxy groups -OCH3 is 2. The molecule has 0 aromatic carbocycles. The molecule has 1 aromatic heterocycles. The maximum atomic E-state index is 12.1. The van der Waals surface area contributed by atoms with E-state index >= 15 is 0 Å². The second-order valence-electron chi connectivity index (χ2n) is 5.33. The summed E-state index contributed by atoms with van der Waals surface area (Å²) in [6, 6.07) is 1.65. The van der Waals surface area contributed by atoms with E-state index in [1.807, 2.05) is 0 Å². The molecule has 1 fully saturated rings. The molecule has 2 rings (SSSR count). The molecule has 1 aromatic rings. The summed E-state index contributed by atoms with van der Waals surface area (Å²) >= 11 is 0. The topological polar surface area (TPSA) is 56.6 Å². The fraction of sp³-hybridized carbons (Fsp3) is 0.714. The zero-order chi connectivity index (χ0) is 14.5. The molecule has 6 heteroatoms. The van der Waals surface area contributed by atoms with E-state index in [0.717, 1.165) is 18.8 Å². The molecule has 0 aliphatic carbocycles. The molecule has 0 N–H and O–H groups in total. The van der Waals surface area contributed by atoms with Gasteiger partial charge < -0.3 is 14.4 Å². The zero-order valence-corrected chi connectivity index (χ0v) is 12.4. The Hall–Kier alpha value is -1.40. The van der Waals surface area contributed by atoms with Crippen molar-refractivity contribution in [1.82, 2.24) is 9.78 Å². The first-order chi connectivity index (χ1) is 9.63. The normalized spacial score (nSPS) is 19.6. The minimum absolute atomic E-state index is 0.125. The van der Waals surface area contributed by atoms with Crippen LogP contribution in [0, 0.1) is 5.92 Å². The van der Waals surface area contributed by atoms with Gasteiger partial charge in [-0.25, -0.2) is 4.68 Å². The Morgan fingerprint density at radius 1 is 1.45 bits per heavy atom. The van der Waals surface area contributed by atoms with Gasteiger partial charge in [0.05, 0.1) is 18.4 Å². The Bertz CT molecular complexity index is 485. The number of rotatable bonds is 5. The fourth-order valence-electron chi connectivity index (χ4n) is 2.54. The largest absolute Gasteiger partial charge is 0.370 e. The first-order valence-corrected chi connectivity index (χ1v) is 7.01. The number of nitrogens with zero attached hydrogens (tertiary/aromatic N) is 3. The molecule has 0 amide bonds. The van der Waals surface area contributed by atoms with E-state index in [9.17, 15) is 4.79 Å². The van der Waals surface area contributed by atoms with Gasteiger partial charge >= 0.3 is 0 Å². The first kappa shape index (κ1) is 15.0. The summed E-state index contributed by atoms with van der Waals surface area (Å²) in [5.74, 6) is 0.664. The fourth-order valence-corrected chi connectivity index (χ4v) is 2.54. The average Bonchev–Trinajstić information content (AvgIpc) is 2.46. The number of hydrogen-bond acceptors (Lipinski definition) is 5. The number of piperidine rings is 1. The van der Waals surface area contributed by atoms with E-state index in [1.165, 1.54) is 17.5 Å². The molecule has 6 nitrogen and oxygen atoms in total. The van der Waals surface area contributed by atoms with Crippen molar-refractivity contribution in [3.8, 4) is 0 Å². The molecule has 0 radical (unpaired) electrons. The maximum Gasteiger partial charge on any atom is 0.268 e. The number of anilines is 1. The van der Waals surface area contributed by atoms with Gasteiger partial charge in [-0.05, 0) is 18.8 Å². The summed E-state index contributed by atoms with van der Waals surface area (Å²) in [7, 11) is 3.09. The van der Waals surface area contributed by atoms with Gasteiger partial charge in [-0.15, -0.1) is 0 Å². The molecule has 1 atom stereocenters. The van der Waals surface area contributed by atoms with Crippen LogP contribution in [0.5, 0.6) is 0 Å². The van der Waals surface area contributed by atoms with Crippen LogP contribution in [-0.2, 0) is 16.0 Å². The average molecular weight is 281 g/mol. The standard InChI is InChI=1S/C14H23N3O3/c1-11-5-4-6-16(9-11)12-7-13(18)17(15-8-12)10-14(19-2)20-3/h7-8,11,14H,4-6,9-10H2,1-3H3. The van der Waals surface area contributed by atoms with Gasteiger partial charge in [0.1, 0.15) is 0 Å².